The van der Waals surface area contributed by atoms with Crippen molar-refractivity contribution in [1.82, 2.24) is 4.90 Å². The Kier molecular flexibility index (Phi) is 7.34. The van der Waals surface area contributed by atoms with E-state index in [1.54, 1.807) is 19.0 Å². The number of aromatic hydroxyl groups is 1. The van der Waals surface area contributed by atoms with E-state index >= 15 is 0 Å². The maximum Gasteiger partial charge on any atom is 0.230 e. The number of hydrogen-bond acceptors (Lipinski definition) is 9. The largest absolute Gasteiger partial charge is 0.507 e. The normalized spacial score (nSPS) is 34.3. The molecule has 3 fully saturated rings. The van der Waals surface area contributed by atoms with Crippen molar-refractivity contribution >= 4 is 28.9 Å². The summed E-state index contributed by atoms with van der Waals surface area (Å²) < 4.78 is 0. The molecule has 0 spiro atoms. The first-order valence-corrected chi connectivity index (χ1v) is 14.3. The molecule has 0 radical (unpaired) electrons. The topological polar surface area (TPSA) is 161 Å². The summed E-state index contributed by atoms with van der Waals surface area (Å²) in [5.74, 6) is -8.30. The number of rotatable bonds is 5. The maximum absolute atomic E-state index is 14.1. The molecule has 1 aromatic carbocycles. The van der Waals surface area contributed by atoms with E-state index in [-0.39, 0.29) is 17.7 Å². The number of ketones is 3. The van der Waals surface area contributed by atoms with Gasteiger partial charge in [-0.2, -0.15) is 0 Å². The lowest BCUT2D eigenvalue weighted by Crippen LogP contribution is -2.75. The van der Waals surface area contributed by atoms with Crippen LogP contribution in [0.25, 0.3) is 0 Å². The molecule has 0 saturated heterocycles. The monoisotopic (exact) mass is 555 g/mol. The molecule has 4 unspecified atom stereocenters. The predicted octanol–water partition coefficient (Wildman–Crippen LogP) is 0.848. The van der Waals surface area contributed by atoms with Crippen LogP contribution in [0.1, 0.15) is 60.0 Å². The number of carbonyl (C=O) groups excluding carboxylic acids is 4. The standard InChI is InChI=1S/C30H41N3O7/c1-32(2)19-13-16(10-14-8-6-5-7-9-14)24(34)21-17(19)11-15-12-18-23(33(3)4)26(36)22(29(31)39)28(38)30(18,40)27(37)20(15)25(21)35/h13-15,18,20,22-23,26,34,36,40H,5-12H2,1-4H3,(H2,31,39)/t15-,18-,20?,22?,23?,26?,30-/m1/s1. The number of nitrogens with zero attached hydrogens (tertiary/aromatic N) is 2. The molecule has 5 N–H and O–H groups in total. The van der Waals surface area contributed by atoms with Crippen LogP contribution >= 0.6 is 0 Å². The molecule has 0 heterocycles. The third kappa shape index (κ3) is 4.18. The number of anilines is 1. The van der Waals surface area contributed by atoms with Crippen molar-refractivity contribution < 1.29 is 34.5 Å². The predicted molar refractivity (Wildman–Crippen MR) is 147 cm³/mol. The summed E-state index contributed by atoms with van der Waals surface area (Å²) in [6.07, 6.45) is 5.10. The fourth-order valence-electron chi connectivity index (χ4n) is 8.18. The van der Waals surface area contributed by atoms with Gasteiger partial charge in [0.2, 0.25) is 5.91 Å². The van der Waals surface area contributed by atoms with E-state index in [9.17, 15) is 34.5 Å². The van der Waals surface area contributed by atoms with Gasteiger partial charge in [-0.25, -0.2) is 0 Å². The fourth-order valence-corrected chi connectivity index (χ4v) is 8.18. The highest BCUT2D eigenvalue weighted by Gasteiger charge is 2.69. The first-order chi connectivity index (χ1) is 18.8. The van der Waals surface area contributed by atoms with Gasteiger partial charge in [0, 0.05) is 31.7 Å². The lowest BCUT2D eigenvalue weighted by Gasteiger charge is -2.55. The Morgan fingerprint density at radius 3 is 2.30 bits per heavy atom. The van der Waals surface area contributed by atoms with E-state index in [1.165, 1.54) is 6.42 Å². The molecule has 7 atom stereocenters. The summed E-state index contributed by atoms with van der Waals surface area (Å²) in [6, 6.07) is 1.03. The van der Waals surface area contributed by atoms with E-state index in [0.29, 0.717) is 29.9 Å². The second-order valence-corrected chi connectivity index (χ2v) is 12.8. The van der Waals surface area contributed by atoms with Gasteiger partial charge in [-0.1, -0.05) is 32.1 Å². The Morgan fingerprint density at radius 1 is 1.07 bits per heavy atom. The van der Waals surface area contributed by atoms with Gasteiger partial charge < -0.3 is 30.9 Å². The number of benzene rings is 1. The van der Waals surface area contributed by atoms with Gasteiger partial charge in [0.15, 0.2) is 23.0 Å². The SMILES string of the molecule is CN(C)c1cc(CC2CCCCC2)c(O)c2c1C[C@@H]1C[C@@H]3C(N(C)C)C(O)C(C(N)=O)C(=O)[C@]3(O)C(=O)C1C2=O. The number of hydrogen-bond donors (Lipinski definition) is 4. The van der Waals surface area contributed by atoms with E-state index in [0.717, 1.165) is 31.4 Å². The van der Waals surface area contributed by atoms with Crippen LogP contribution in [0.2, 0.25) is 0 Å². The molecule has 10 nitrogen and oxygen atoms in total. The van der Waals surface area contributed by atoms with Crippen molar-refractivity contribution in [2.24, 2.45) is 35.3 Å². The highest BCUT2D eigenvalue weighted by Crippen LogP contribution is 2.53. The number of primary amides is 1. The van der Waals surface area contributed by atoms with Gasteiger partial charge in [0.05, 0.1) is 17.6 Å². The summed E-state index contributed by atoms with van der Waals surface area (Å²) in [6.45, 7) is 0. The summed E-state index contributed by atoms with van der Waals surface area (Å²) in [4.78, 5) is 57.5. The Bertz CT molecular complexity index is 1250. The Hall–Kier alpha value is -2.82. The molecule has 218 valence electrons. The number of phenols is 1. The van der Waals surface area contributed by atoms with E-state index < -0.39 is 64.7 Å². The number of aliphatic hydroxyl groups is 2. The van der Waals surface area contributed by atoms with Crippen molar-refractivity contribution in [3.63, 3.8) is 0 Å². The van der Waals surface area contributed by atoms with Crippen LogP contribution in [0.5, 0.6) is 5.75 Å². The average Bonchev–Trinajstić information content (AvgIpc) is 2.87. The minimum atomic E-state index is -2.65. The van der Waals surface area contributed by atoms with Crippen molar-refractivity contribution in [2.45, 2.75) is 69.1 Å². The molecule has 5 rings (SSSR count). The summed E-state index contributed by atoms with van der Waals surface area (Å²) >= 11 is 0. The number of phenolic OH excluding ortho intramolecular Hbond substituents is 1. The number of aliphatic hydroxyl groups excluding tert-OH is 1. The van der Waals surface area contributed by atoms with Crippen molar-refractivity contribution in [2.75, 3.05) is 33.1 Å². The van der Waals surface area contributed by atoms with Crippen LogP contribution < -0.4 is 10.6 Å². The quantitative estimate of drug-likeness (QED) is 0.386. The Morgan fingerprint density at radius 2 is 1.73 bits per heavy atom. The van der Waals surface area contributed by atoms with Crippen LogP contribution in [0.4, 0.5) is 5.69 Å². The van der Waals surface area contributed by atoms with E-state index in [2.05, 4.69) is 0 Å². The second-order valence-electron chi connectivity index (χ2n) is 12.8. The van der Waals surface area contributed by atoms with Crippen LogP contribution in [-0.2, 0) is 27.2 Å². The van der Waals surface area contributed by atoms with Gasteiger partial charge in [0.1, 0.15) is 11.7 Å². The molecule has 3 saturated carbocycles. The van der Waals surface area contributed by atoms with Crippen molar-refractivity contribution in [1.29, 1.82) is 0 Å². The average molecular weight is 556 g/mol. The van der Waals surface area contributed by atoms with Gasteiger partial charge in [-0.15, -0.1) is 0 Å². The molecule has 1 amide bonds. The zero-order valence-corrected chi connectivity index (χ0v) is 23.7. The first-order valence-electron chi connectivity index (χ1n) is 14.3. The zero-order chi connectivity index (χ0) is 29.3. The van der Waals surface area contributed by atoms with Crippen LogP contribution in [-0.4, -0.2) is 89.4 Å². The summed E-state index contributed by atoms with van der Waals surface area (Å²) in [7, 11) is 7.02. The molecule has 40 heavy (non-hydrogen) atoms. The fraction of sp³-hybridized carbons (Fsp3) is 0.667. The van der Waals surface area contributed by atoms with Gasteiger partial charge in [0.25, 0.3) is 0 Å². The van der Waals surface area contributed by atoms with Gasteiger partial charge in [-0.05, 0) is 62.4 Å². The van der Waals surface area contributed by atoms with Crippen LogP contribution in [0.3, 0.4) is 0 Å². The molecule has 1 aromatic rings. The third-order valence-corrected chi connectivity index (χ3v) is 10.1. The van der Waals surface area contributed by atoms with Crippen LogP contribution in [0.15, 0.2) is 6.07 Å². The van der Waals surface area contributed by atoms with Gasteiger partial charge >= 0.3 is 0 Å². The van der Waals surface area contributed by atoms with Crippen molar-refractivity contribution in [3.05, 3.63) is 22.8 Å². The highest BCUT2D eigenvalue weighted by molar-refractivity contribution is 6.25. The summed E-state index contributed by atoms with van der Waals surface area (Å²) in [5, 5.41) is 34.3. The number of amides is 1. The lowest BCUT2D eigenvalue weighted by atomic mass is 9.52. The second kappa shape index (κ2) is 10.2. The molecule has 0 aliphatic heterocycles. The molecule has 4 aliphatic rings. The molecule has 4 aliphatic carbocycles. The van der Waals surface area contributed by atoms with Crippen LogP contribution in [0, 0.1) is 29.6 Å². The number of nitrogens with two attached hydrogens (primary N) is 1. The van der Waals surface area contributed by atoms with E-state index in [4.69, 9.17) is 5.73 Å². The Labute approximate surface area is 234 Å². The van der Waals surface area contributed by atoms with Gasteiger partial charge in [-0.3, -0.25) is 19.2 Å². The Balaban J connectivity index is 1.61. The molecule has 10 heteroatoms. The molecule has 0 aromatic heterocycles. The third-order valence-electron chi connectivity index (χ3n) is 10.1. The minimum absolute atomic E-state index is 0.0903. The minimum Gasteiger partial charge on any atom is -0.507 e. The molecular weight excluding hydrogens is 514 g/mol. The first kappa shape index (κ1) is 28.7. The lowest BCUT2D eigenvalue weighted by molar-refractivity contribution is -0.190. The number of likely N-dealkylation sites (N-methyl/N-ethyl adjacent to an activating group) is 1. The summed E-state index contributed by atoms with van der Waals surface area (Å²) in [5.41, 5.74) is 5.01. The van der Waals surface area contributed by atoms with E-state index in [1.807, 2.05) is 25.1 Å². The highest BCUT2D eigenvalue weighted by atomic mass is 16.3. The molecular formula is C30H41N3O7. The number of fused-ring (bicyclic) bond motifs is 3. The molecule has 0 bridgehead atoms. The maximum atomic E-state index is 14.1. The smallest absolute Gasteiger partial charge is 0.230 e. The number of carbonyl (C=O) groups is 4. The zero-order valence-electron chi connectivity index (χ0n) is 23.7. The van der Waals surface area contributed by atoms with Crippen molar-refractivity contribution in [3.8, 4) is 5.75 Å². The number of Topliss-reactive ketones (excluding diaryl/α,β-unsaturated/α-hetero) is 3.